The Kier molecular flexibility index (Phi) is 3.83. The summed E-state index contributed by atoms with van der Waals surface area (Å²) in [5.41, 5.74) is 8.79. The lowest BCUT2D eigenvalue weighted by molar-refractivity contribution is 1.09. The van der Waals surface area contributed by atoms with Crippen molar-refractivity contribution in [2.75, 3.05) is 11.5 Å². The second-order valence-electron chi connectivity index (χ2n) is 4.54. The van der Waals surface area contributed by atoms with Gasteiger partial charge in [0.2, 0.25) is 0 Å². The first-order chi connectivity index (χ1) is 9.83. The van der Waals surface area contributed by atoms with Crippen LogP contribution in [0.1, 0.15) is 5.56 Å². The van der Waals surface area contributed by atoms with Gasteiger partial charge in [-0.1, -0.05) is 30.3 Å². The molecule has 4 heteroatoms. The SMILES string of the molecule is Nc1ccc(CCSc2ncnc3ccccc23)cc1. The number of anilines is 1. The summed E-state index contributed by atoms with van der Waals surface area (Å²) in [5.74, 6) is 0.991. The lowest BCUT2D eigenvalue weighted by atomic mass is 10.2. The molecule has 0 saturated carbocycles. The van der Waals surface area contributed by atoms with Gasteiger partial charge in [-0.15, -0.1) is 11.8 Å². The molecule has 0 fully saturated rings. The Morgan fingerprint density at radius 1 is 0.950 bits per heavy atom. The minimum absolute atomic E-state index is 0.809. The van der Waals surface area contributed by atoms with E-state index in [2.05, 4.69) is 28.2 Å². The first-order valence-corrected chi connectivity index (χ1v) is 7.48. The normalized spacial score (nSPS) is 10.8. The zero-order valence-corrected chi connectivity index (χ0v) is 11.8. The van der Waals surface area contributed by atoms with E-state index in [1.165, 1.54) is 5.56 Å². The molecule has 2 aromatic carbocycles. The van der Waals surface area contributed by atoms with Gasteiger partial charge in [0.15, 0.2) is 0 Å². The lowest BCUT2D eigenvalue weighted by Gasteiger charge is -2.05. The number of aromatic nitrogens is 2. The minimum Gasteiger partial charge on any atom is -0.399 e. The number of nitrogen functional groups attached to an aromatic ring is 1. The van der Waals surface area contributed by atoms with Crippen LogP contribution in [0.4, 0.5) is 5.69 Å². The van der Waals surface area contributed by atoms with Crippen LogP contribution < -0.4 is 5.73 Å². The minimum atomic E-state index is 0.809. The largest absolute Gasteiger partial charge is 0.399 e. The quantitative estimate of drug-likeness (QED) is 0.451. The van der Waals surface area contributed by atoms with Crippen molar-refractivity contribution in [2.45, 2.75) is 11.4 Å². The van der Waals surface area contributed by atoms with Crippen LogP contribution in [-0.2, 0) is 6.42 Å². The fraction of sp³-hybridized carbons (Fsp3) is 0.125. The van der Waals surface area contributed by atoms with Crippen LogP contribution in [0.5, 0.6) is 0 Å². The maximum atomic E-state index is 5.69. The van der Waals surface area contributed by atoms with E-state index in [1.54, 1.807) is 18.1 Å². The third-order valence-corrected chi connectivity index (χ3v) is 4.12. The molecule has 0 bridgehead atoms. The molecule has 0 unspecified atom stereocenters. The summed E-state index contributed by atoms with van der Waals surface area (Å²) in [6, 6.07) is 16.2. The molecule has 3 rings (SSSR count). The smallest absolute Gasteiger partial charge is 0.117 e. The number of rotatable bonds is 4. The predicted molar refractivity (Wildman–Crippen MR) is 84.8 cm³/mol. The summed E-state index contributed by atoms with van der Waals surface area (Å²) >= 11 is 1.77. The monoisotopic (exact) mass is 281 g/mol. The number of nitrogens with zero attached hydrogens (tertiary/aromatic N) is 2. The number of aryl methyl sites for hydroxylation is 1. The number of hydrogen-bond acceptors (Lipinski definition) is 4. The van der Waals surface area contributed by atoms with Gasteiger partial charge in [0.25, 0.3) is 0 Å². The van der Waals surface area contributed by atoms with Crippen LogP contribution in [0.25, 0.3) is 10.9 Å². The molecule has 0 atom stereocenters. The molecule has 0 aliphatic rings. The van der Waals surface area contributed by atoms with Crippen LogP contribution in [-0.4, -0.2) is 15.7 Å². The van der Waals surface area contributed by atoms with Crippen LogP contribution in [0.15, 0.2) is 59.9 Å². The molecule has 0 radical (unpaired) electrons. The molecule has 0 aliphatic carbocycles. The van der Waals surface area contributed by atoms with Crippen molar-refractivity contribution >= 4 is 28.4 Å². The Morgan fingerprint density at radius 2 is 1.75 bits per heavy atom. The maximum absolute atomic E-state index is 5.69. The van der Waals surface area contributed by atoms with Gasteiger partial charge in [-0.05, 0) is 30.2 Å². The van der Waals surface area contributed by atoms with Crippen LogP contribution in [0.2, 0.25) is 0 Å². The van der Waals surface area contributed by atoms with E-state index in [4.69, 9.17) is 5.73 Å². The van der Waals surface area contributed by atoms with Crippen molar-refractivity contribution in [2.24, 2.45) is 0 Å². The average Bonchev–Trinajstić information content (AvgIpc) is 2.49. The van der Waals surface area contributed by atoms with Gasteiger partial charge in [-0.3, -0.25) is 0 Å². The fourth-order valence-corrected chi connectivity index (χ4v) is 3.03. The van der Waals surface area contributed by atoms with E-state index >= 15 is 0 Å². The van der Waals surface area contributed by atoms with Crippen molar-refractivity contribution < 1.29 is 0 Å². The molecule has 0 aliphatic heterocycles. The van der Waals surface area contributed by atoms with Gasteiger partial charge in [-0.25, -0.2) is 9.97 Å². The predicted octanol–water partition coefficient (Wildman–Crippen LogP) is 3.55. The average molecular weight is 281 g/mol. The van der Waals surface area contributed by atoms with Gasteiger partial charge >= 0.3 is 0 Å². The summed E-state index contributed by atoms with van der Waals surface area (Å²) in [6.07, 6.45) is 2.64. The van der Waals surface area contributed by atoms with Crippen molar-refractivity contribution in [3.05, 3.63) is 60.4 Å². The van der Waals surface area contributed by atoms with E-state index < -0.39 is 0 Å². The number of fused-ring (bicyclic) bond motifs is 1. The van der Waals surface area contributed by atoms with Gasteiger partial charge < -0.3 is 5.73 Å². The second-order valence-corrected chi connectivity index (χ2v) is 5.62. The molecular formula is C16H15N3S. The molecule has 3 nitrogen and oxygen atoms in total. The van der Waals surface area contributed by atoms with Crippen LogP contribution >= 0.6 is 11.8 Å². The molecule has 0 spiro atoms. The van der Waals surface area contributed by atoms with E-state index in [9.17, 15) is 0 Å². The first kappa shape index (κ1) is 12.9. The molecule has 3 aromatic rings. The number of nitrogens with two attached hydrogens (primary N) is 1. The summed E-state index contributed by atoms with van der Waals surface area (Å²) in [4.78, 5) is 8.66. The number of para-hydroxylation sites is 1. The maximum Gasteiger partial charge on any atom is 0.117 e. The topological polar surface area (TPSA) is 51.8 Å². The van der Waals surface area contributed by atoms with Crippen LogP contribution in [0.3, 0.4) is 0 Å². The van der Waals surface area contributed by atoms with Crippen molar-refractivity contribution in [1.82, 2.24) is 9.97 Å². The van der Waals surface area contributed by atoms with E-state index in [0.29, 0.717) is 0 Å². The summed E-state index contributed by atoms with van der Waals surface area (Å²) in [5, 5.41) is 2.17. The number of thioether (sulfide) groups is 1. The Balaban J connectivity index is 1.69. The fourth-order valence-electron chi connectivity index (χ4n) is 2.04. The third-order valence-electron chi connectivity index (χ3n) is 3.12. The van der Waals surface area contributed by atoms with E-state index in [-0.39, 0.29) is 0 Å². The van der Waals surface area contributed by atoms with Crippen molar-refractivity contribution in [3.63, 3.8) is 0 Å². The van der Waals surface area contributed by atoms with E-state index in [1.807, 2.05) is 30.3 Å². The Morgan fingerprint density at radius 3 is 2.60 bits per heavy atom. The van der Waals surface area contributed by atoms with Gasteiger partial charge in [0, 0.05) is 16.8 Å². The van der Waals surface area contributed by atoms with Crippen molar-refractivity contribution in [1.29, 1.82) is 0 Å². The highest BCUT2D eigenvalue weighted by Gasteiger charge is 2.03. The Hall–Kier alpha value is -2.07. The molecule has 1 heterocycles. The summed E-state index contributed by atoms with van der Waals surface area (Å²) in [6.45, 7) is 0. The standard InChI is InChI=1S/C16H15N3S/c17-13-7-5-12(6-8-13)9-10-20-16-14-3-1-2-4-15(14)18-11-19-16/h1-8,11H,9-10,17H2. The number of hydrogen-bond donors (Lipinski definition) is 1. The van der Waals surface area contributed by atoms with E-state index in [0.717, 1.165) is 33.8 Å². The molecule has 1 aromatic heterocycles. The lowest BCUT2D eigenvalue weighted by Crippen LogP contribution is -1.92. The zero-order valence-electron chi connectivity index (χ0n) is 11.0. The first-order valence-electron chi connectivity index (χ1n) is 6.50. The molecule has 20 heavy (non-hydrogen) atoms. The highest BCUT2D eigenvalue weighted by atomic mass is 32.2. The highest BCUT2D eigenvalue weighted by Crippen LogP contribution is 2.24. The van der Waals surface area contributed by atoms with Gasteiger partial charge in [-0.2, -0.15) is 0 Å². The van der Waals surface area contributed by atoms with Gasteiger partial charge in [0.05, 0.1) is 5.52 Å². The molecule has 0 amide bonds. The third kappa shape index (κ3) is 2.91. The number of benzene rings is 2. The highest BCUT2D eigenvalue weighted by molar-refractivity contribution is 7.99. The molecule has 100 valence electrons. The molecular weight excluding hydrogens is 266 g/mol. The Bertz CT molecular complexity index is 705. The summed E-state index contributed by atoms with van der Waals surface area (Å²) < 4.78 is 0. The Labute approximate surface area is 122 Å². The zero-order chi connectivity index (χ0) is 13.8. The van der Waals surface area contributed by atoms with Crippen molar-refractivity contribution in [3.8, 4) is 0 Å². The van der Waals surface area contributed by atoms with Crippen LogP contribution in [0, 0.1) is 0 Å². The molecule has 0 saturated heterocycles. The second kappa shape index (κ2) is 5.92. The van der Waals surface area contributed by atoms with Gasteiger partial charge in [0.1, 0.15) is 11.4 Å². The molecule has 2 N–H and O–H groups in total. The summed E-state index contributed by atoms with van der Waals surface area (Å²) in [7, 11) is 0.